The van der Waals surface area contributed by atoms with Gasteiger partial charge >= 0.3 is 0 Å². The highest BCUT2D eigenvalue weighted by Gasteiger charge is 2.21. The van der Waals surface area contributed by atoms with Crippen molar-refractivity contribution < 1.29 is 15.4 Å². The summed E-state index contributed by atoms with van der Waals surface area (Å²) in [6, 6.07) is 36.0. The molecule has 216 valence electrons. The first-order valence-electron chi connectivity index (χ1n) is 19.0. The van der Waals surface area contributed by atoms with E-state index in [1.165, 1.54) is 4.90 Å². The van der Waals surface area contributed by atoms with Gasteiger partial charge in [0.25, 0.3) is 0 Å². The second kappa shape index (κ2) is 10.8. The Labute approximate surface area is 278 Å². The average Bonchev–Trinajstić information content (AvgIpc) is 3.59. The Morgan fingerprint density at radius 3 is 2.04 bits per heavy atom. The molecule has 0 spiro atoms. The van der Waals surface area contributed by atoms with Gasteiger partial charge in [0.1, 0.15) is 11.2 Å². The molecular formula is C44H29NO. The molecule has 0 aliphatic heterocycles. The lowest BCUT2D eigenvalue weighted by atomic mass is 9.98. The van der Waals surface area contributed by atoms with E-state index in [9.17, 15) is 8.22 Å². The first kappa shape index (κ1) is 19.3. The van der Waals surface area contributed by atoms with E-state index in [4.69, 9.17) is 7.16 Å². The summed E-state index contributed by atoms with van der Waals surface area (Å²) in [5.74, 6) is 0. The predicted molar refractivity (Wildman–Crippen MR) is 194 cm³/mol. The Balaban J connectivity index is 1.42. The van der Waals surface area contributed by atoms with Crippen LogP contribution in [0.3, 0.4) is 0 Å². The van der Waals surface area contributed by atoms with Crippen molar-refractivity contribution in [1.82, 2.24) is 0 Å². The maximum atomic E-state index is 9.64. The van der Waals surface area contributed by atoms with Crippen LogP contribution in [0.15, 0.2) is 180 Å². The number of anilines is 3. The second-order valence-corrected chi connectivity index (χ2v) is 11.1. The molecule has 0 aliphatic carbocycles. The third-order valence-corrected chi connectivity index (χ3v) is 8.40. The zero-order valence-electron chi connectivity index (χ0n) is 32.5. The number of rotatable bonds is 5. The molecule has 0 amide bonds. The van der Waals surface area contributed by atoms with Gasteiger partial charge in [-0.15, -0.1) is 0 Å². The van der Waals surface area contributed by atoms with E-state index in [2.05, 4.69) is 0 Å². The van der Waals surface area contributed by atoms with Crippen LogP contribution < -0.4 is 4.90 Å². The third-order valence-electron chi connectivity index (χ3n) is 8.40. The standard InChI is InChI=1S/C44H29NO/c1-2-11-30(12-3-1)34-16-8-17-36(29-34)45(35-26-23-33(24-27-35)38-20-9-15-31-13-4-6-18-37(31)38)41-21-10-22-42-43(41)40-28-25-32-14-5-7-19-39(32)44(40)46-42/h1-29H/i8D,16D,17D,23D,24D,26D,27D,29D. The first-order chi connectivity index (χ1) is 26.2. The first-order valence-corrected chi connectivity index (χ1v) is 15.0. The molecule has 1 aromatic heterocycles. The fourth-order valence-corrected chi connectivity index (χ4v) is 6.26. The summed E-state index contributed by atoms with van der Waals surface area (Å²) < 4.78 is 81.4. The number of fused-ring (bicyclic) bond motifs is 6. The van der Waals surface area contributed by atoms with E-state index >= 15 is 0 Å². The smallest absolute Gasteiger partial charge is 0.143 e. The van der Waals surface area contributed by atoms with Crippen LogP contribution in [0.25, 0.3) is 65.7 Å². The summed E-state index contributed by atoms with van der Waals surface area (Å²) in [5.41, 5.74) is 2.31. The van der Waals surface area contributed by atoms with Crippen LogP contribution in [-0.4, -0.2) is 0 Å². The molecule has 0 bridgehead atoms. The van der Waals surface area contributed by atoms with E-state index in [0.717, 1.165) is 21.5 Å². The van der Waals surface area contributed by atoms with Gasteiger partial charge in [0, 0.05) is 22.1 Å². The molecule has 9 aromatic rings. The van der Waals surface area contributed by atoms with Gasteiger partial charge in [-0.25, -0.2) is 0 Å². The molecule has 0 radical (unpaired) electrons. The maximum absolute atomic E-state index is 9.64. The van der Waals surface area contributed by atoms with Crippen LogP contribution in [0.2, 0.25) is 0 Å². The minimum absolute atomic E-state index is 0.106. The number of hydrogen-bond acceptors (Lipinski definition) is 2. The quantitative estimate of drug-likeness (QED) is 0.197. The van der Waals surface area contributed by atoms with Crippen LogP contribution in [0.4, 0.5) is 17.1 Å². The van der Waals surface area contributed by atoms with Gasteiger partial charge in [0.15, 0.2) is 0 Å². The largest absolute Gasteiger partial charge is 0.455 e. The van der Waals surface area contributed by atoms with Gasteiger partial charge in [-0.3, -0.25) is 0 Å². The van der Waals surface area contributed by atoms with Crippen molar-refractivity contribution in [3.63, 3.8) is 0 Å². The van der Waals surface area contributed by atoms with Crippen LogP contribution in [0.1, 0.15) is 11.0 Å². The van der Waals surface area contributed by atoms with Crippen molar-refractivity contribution in [1.29, 1.82) is 0 Å². The molecule has 2 heteroatoms. The summed E-state index contributed by atoms with van der Waals surface area (Å²) >= 11 is 0. The summed E-state index contributed by atoms with van der Waals surface area (Å²) in [5, 5.41) is 4.75. The molecule has 9 rings (SSSR count). The SMILES string of the molecule is [2H]c1c([2H])c(-c2ccccc2)c([2H])c(N(c2c([2H])c([2H])c(-c3cccc4ccccc34)c([2H])c2[2H])c2cccc3oc4c5ccccc5ccc4c23)c1[2H]. The Morgan fingerprint density at radius 1 is 0.478 bits per heavy atom. The Hall–Kier alpha value is -6.12. The minimum atomic E-state index is -0.463. The van der Waals surface area contributed by atoms with E-state index in [0.29, 0.717) is 38.8 Å². The van der Waals surface area contributed by atoms with Crippen molar-refractivity contribution >= 4 is 60.5 Å². The van der Waals surface area contributed by atoms with Crippen LogP contribution in [0.5, 0.6) is 0 Å². The Morgan fingerprint density at radius 2 is 1.20 bits per heavy atom. The van der Waals surface area contributed by atoms with Crippen molar-refractivity contribution in [3.05, 3.63) is 176 Å². The van der Waals surface area contributed by atoms with E-state index in [1.807, 2.05) is 72.8 Å². The molecule has 0 aliphatic rings. The van der Waals surface area contributed by atoms with Crippen LogP contribution in [0, 0.1) is 0 Å². The van der Waals surface area contributed by atoms with Gasteiger partial charge < -0.3 is 9.32 Å². The minimum Gasteiger partial charge on any atom is -0.455 e. The van der Waals surface area contributed by atoms with Crippen molar-refractivity contribution in [3.8, 4) is 22.3 Å². The normalized spacial score (nSPS) is 13.9. The summed E-state index contributed by atoms with van der Waals surface area (Å²) in [6.45, 7) is 0. The lowest BCUT2D eigenvalue weighted by Crippen LogP contribution is -2.10. The molecule has 0 saturated heterocycles. The monoisotopic (exact) mass is 595 g/mol. The van der Waals surface area contributed by atoms with Gasteiger partial charge in [-0.2, -0.15) is 0 Å². The molecule has 0 unspecified atom stereocenters. The zero-order chi connectivity index (χ0) is 37.4. The number of furan rings is 1. The van der Waals surface area contributed by atoms with E-state index in [-0.39, 0.29) is 46.7 Å². The highest BCUT2D eigenvalue weighted by molar-refractivity contribution is 6.19. The number of benzene rings is 8. The van der Waals surface area contributed by atoms with Crippen molar-refractivity contribution in [2.45, 2.75) is 0 Å². The molecular weight excluding hydrogens is 558 g/mol. The Kier molecular flexibility index (Phi) is 4.53. The fraction of sp³-hybridized carbons (Fsp3) is 0. The lowest BCUT2D eigenvalue weighted by Gasteiger charge is -2.27. The van der Waals surface area contributed by atoms with E-state index < -0.39 is 24.2 Å². The predicted octanol–water partition coefficient (Wildman–Crippen LogP) is 12.7. The Bertz CT molecular complexity index is 2960. The van der Waals surface area contributed by atoms with Crippen LogP contribution >= 0.6 is 0 Å². The van der Waals surface area contributed by atoms with Crippen molar-refractivity contribution in [2.75, 3.05) is 4.90 Å². The average molecular weight is 596 g/mol. The molecule has 0 fully saturated rings. The summed E-state index contributed by atoms with van der Waals surface area (Å²) in [6.07, 6.45) is 0. The summed E-state index contributed by atoms with van der Waals surface area (Å²) in [7, 11) is 0. The van der Waals surface area contributed by atoms with Gasteiger partial charge in [0.2, 0.25) is 0 Å². The molecule has 2 nitrogen and oxygen atoms in total. The fourth-order valence-electron chi connectivity index (χ4n) is 6.26. The molecule has 1 heterocycles. The number of hydrogen-bond donors (Lipinski definition) is 0. The molecule has 8 aromatic carbocycles. The maximum Gasteiger partial charge on any atom is 0.143 e. The highest BCUT2D eigenvalue weighted by Crippen LogP contribution is 2.45. The topological polar surface area (TPSA) is 16.4 Å². The molecule has 0 N–H and O–H groups in total. The molecule has 0 saturated carbocycles. The lowest BCUT2D eigenvalue weighted by molar-refractivity contribution is 0.672. The zero-order valence-corrected chi connectivity index (χ0v) is 24.5. The van der Waals surface area contributed by atoms with Gasteiger partial charge in [-0.1, -0.05) is 133 Å². The molecule has 46 heavy (non-hydrogen) atoms. The van der Waals surface area contributed by atoms with Crippen LogP contribution in [-0.2, 0) is 0 Å². The highest BCUT2D eigenvalue weighted by atomic mass is 16.3. The van der Waals surface area contributed by atoms with Gasteiger partial charge in [0.05, 0.1) is 22.0 Å². The number of nitrogens with zero attached hydrogens (tertiary/aromatic N) is 1. The second-order valence-electron chi connectivity index (χ2n) is 11.1. The third kappa shape index (κ3) is 4.35. The summed E-state index contributed by atoms with van der Waals surface area (Å²) in [4.78, 5) is 1.40. The van der Waals surface area contributed by atoms with Gasteiger partial charge in [-0.05, 0) is 80.8 Å². The van der Waals surface area contributed by atoms with E-state index in [1.54, 1.807) is 54.6 Å². The van der Waals surface area contributed by atoms with Crippen molar-refractivity contribution in [2.24, 2.45) is 0 Å². The molecule has 0 atom stereocenters.